The zero-order valence-electron chi connectivity index (χ0n) is 13.8. The van der Waals surface area contributed by atoms with Crippen LogP contribution in [0.1, 0.15) is 32.1 Å². The van der Waals surface area contributed by atoms with Gasteiger partial charge in [-0.05, 0) is 23.3 Å². The van der Waals surface area contributed by atoms with Gasteiger partial charge in [-0.2, -0.15) is 0 Å². The zero-order chi connectivity index (χ0) is 18.4. The summed E-state index contributed by atoms with van der Waals surface area (Å²) in [5, 5.41) is 6.10. The van der Waals surface area contributed by atoms with E-state index < -0.39 is 11.8 Å². The second-order valence-corrected chi connectivity index (χ2v) is 6.04. The Morgan fingerprint density at radius 1 is 0.923 bits per heavy atom. The molecule has 132 valence electrons. The molecule has 0 aliphatic carbocycles. The van der Waals surface area contributed by atoms with Crippen LogP contribution in [0.5, 0.6) is 0 Å². The molecule has 0 aliphatic rings. The summed E-state index contributed by atoms with van der Waals surface area (Å²) in [6.45, 7) is 0.652. The van der Waals surface area contributed by atoms with Gasteiger partial charge in [-0.3, -0.25) is 9.59 Å². The standard InChI is InChI=1S/C19H17ClN4O2/c20-15-8-4-7-14(9-15)11-22-19(26)17-16(23-12-24-17)18(25)21-10-13-5-2-1-3-6-13/h1-9,12H,10-11H2,(H,21,25)(H,22,26)(H,23,24). The lowest BCUT2D eigenvalue weighted by molar-refractivity contribution is 0.0911. The molecule has 1 aromatic heterocycles. The van der Waals surface area contributed by atoms with E-state index in [0.717, 1.165) is 11.1 Å². The molecule has 0 saturated heterocycles. The van der Waals surface area contributed by atoms with Crippen LogP contribution in [0, 0.1) is 0 Å². The van der Waals surface area contributed by atoms with E-state index in [-0.39, 0.29) is 11.4 Å². The normalized spacial score (nSPS) is 10.3. The fourth-order valence-electron chi connectivity index (χ4n) is 2.42. The van der Waals surface area contributed by atoms with E-state index in [1.165, 1.54) is 6.33 Å². The molecule has 0 fully saturated rings. The number of carbonyl (C=O) groups excluding carboxylic acids is 2. The van der Waals surface area contributed by atoms with Crippen LogP contribution in [0.15, 0.2) is 60.9 Å². The van der Waals surface area contributed by atoms with Crippen LogP contribution in [0.3, 0.4) is 0 Å². The van der Waals surface area contributed by atoms with Crippen molar-refractivity contribution in [2.75, 3.05) is 0 Å². The molecule has 0 unspecified atom stereocenters. The minimum absolute atomic E-state index is 0.0597. The number of rotatable bonds is 6. The number of halogens is 1. The van der Waals surface area contributed by atoms with Crippen molar-refractivity contribution in [3.8, 4) is 0 Å². The second kappa shape index (κ2) is 8.31. The Bertz CT molecular complexity index is 909. The van der Waals surface area contributed by atoms with Gasteiger partial charge >= 0.3 is 0 Å². The number of nitrogens with zero attached hydrogens (tertiary/aromatic N) is 1. The Balaban J connectivity index is 1.61. The van der Waals surface area contributed by atoms with Gasteiger partial charge in [0, 0.05) is 18.1 Å². The third-order valence-corrected chi connectivity index (χ3v) is 3.95. The largest absolute Gasteiger partial charge is 0.347 e. The van der Waals surface area contributed by atoms with Gasteiger partial charge in [-0.25, -0.2) is 4.98 Å². The number of aromatic nitrogens is 2. The highest BCUT2D eigenvalue weighted by Crippen LogP contribution is 2.11. The average molecular weight is 369 g/mol. The molecule has 0 spiro atoms. The Labute approximate surface area is 155 Å². The van der Waals surface area contributed by atoms with Crippen LogP contribution in [-0.4, -0.2) is 21.8 Å². The molecule has 3 aromatic rings. The molecular weight excluding hydrogens is 352 g/mol. The topological polar surface area (TPSA) is 86.9 Å². The highest BCUT2D eigenvalue weighted by Gasteiger charge is 2.20. The van der Waals surface area contributed by atoms with Crippen molar-refractivity contribution in [2.45, 2.75) is 13.1 Å². The lowest BCUT2D eigenvalue weighted by Crippen LogP contribution is -2.29. The molecule has 3 rings (SSSR count). The number of amides is 2. The number of carbonyl (C=O) groups is 2. The van der Waals surface area contributed by atoms with E-state index in [1.54, 1.807) is 12.1 Å². The number of nitrogens with one attached hydrogen (secondary N) is 3. The van der Waals surface area contributed by atoms with Crippen molar-refractivity contribution in [3.63, 3.8) is 0 Å². The monoisotopic (exact) mass is 368 g/mol. The summed E-state index contributed by atoms with van der Waals surface area (Å²) in [5.41, 5.74) is 2.01. The Hall–Kier alpha value is -3.12. The predicted octanol–water partition coefficient (Wildman–Crippen LogP) is 2.92. The maximum Gasteiger partial charge on any atom is 0.272 e. The molecular formula is C19H17ClN4O2. The maximum absolute atomic E-state index is 12.4. The maximum atomic E-state index is 12.4. The first-order chi connectivity index (χ1) is 12.6. The Morgan fingerprint density at radius 2 is 1.62 bits per heavy atom. The lowest BCUT2D eigenvalue weighted by atomic mass is 10.2. The molecule has 1 heterocycles. The SMILES string of the molecule is O=C(NCc1ccccc1)c1nc[nH]c1C(=O)NCc1cccc(Cl)c1. The minimum Gasteiger partial charge on any atom is -0.347 e. The van der Waals surface area contributed by atoms with Crippen LogP contribution in [-0.2, 0) is 13.1 Å². The quantitative estimate of drug-likeness (QED) is 0.625. The lowest BCUT2D eigenvalue weighted by Gasteiger charge is -2.07. The second-order valence-electron chi connectivity index (χ2n) is 5.61. The summed E-state index contributed by atoms with van der Waals surface area (Å²) >= 11 is 5.93. The van der Waals surface area contributed by atoms with Gasteiger partial charge in [0.1, 0.15) is 5.69 Å². The van der Waals surface area contributed by atoms with Gasteiger partial charge in [-0.15, -0.1) is 0 Å². The highest BCUT2D eigenvalue weighted by atomic mass is 35.5. The van der Waals surface area contributed by atoms with Gasteiger partial charge in [-0.1, -0.05) is 54.1 Å². The number of benzene rings is 2. The summed E-state index contributed by atoms with van der Waals surface area (Å²) in [7, 11) is 0. The van der Waals surface area contributed by atoms with Crippen molar-refractivity contribution in [2.24, 2.45) is 0 Å². The van der Waals surface area contributed by atoms with E-state index in [1.807, 2.05) is 42.5 Å². The molecule has 2 aromatic carbocycles. The van der Waals surface area contributed by atoms with Crippen molar-refractivity contribution >= 4 is 23.4 Å². The number of aromatic amines is 1. The van der Waals surface area contributed by atoms with Gasteiger partial charge in [0.05, 0.1) is 6.33 Å². The van der Waals surface area contributed by atoms with E-state index in [4.69, 9.17) is 11.6 Å². The smallest absolute Gasteiger partial charge is 0.272 e. The summed E-state index contributed by atoms with van der Waals surface area (Å²) in [5.74, 6) is -0.824. The average Bonchev–Trinajstić information content (AvgIpc) is 3.15. The van der Waals surface area contributed by atoms with Gasteiger partial charge in [0.15, 0.2) is 5.69 Å². The Morgan fingerprint density at radius 3 is 2.38 bits per heavy atom. The molecule has 7 heteroatoms. The van der Waals surface area contributed by atoms with Crippen LogP contribution in [0.4, 0.5) is 0 Å². The van der Waals surface area contributed by atoms with Gasteiger partial charge in [0.2, 0.25) is 0 Å². The van der Waals surface area contributed by atoms with E-state index >= 15 is 0 Å². The first-order valence-corrected chi connectivity index (χ1v) is 8.39. The fraction of sp³-hybridized carbons (Fsp3) is 0.105. The number of H-pyrrole nitrogens is 1. The molecule has 3 N–H and O–H groups in total. The molecule has 2 amide bonds. The van der Waals surface area contributed by atoms with E-state index in [0.29, 0.717) is 18.1 Å². The minimum atomic E-state index is -0.414. The third kappa shape index (κ3) is 4.49. The van der Waals surface area contributed by atoms with Crippen LogP contribution in [0.25, 0.3) is 0 Å². The summed E-state index contributed by atoms with van der Waals surface area (Å²) in [6.07, 6.45) is 1.33. The summed E-state index contributed by atoms with van der Waals surface area (Å²) in [4.78, 5) is 31.4. The first kappa shape index (κ1) is 17.7. The number of hydrogen-bond acceptors (Lipinski definition) is 3. The first-order valence-electron chi connectivity index (χ1n) is 8.01. The number of imidazole rings is 1. The molecule has 0 radical (unpaired) electrons. The Kier molecular flexibility index (Phi) is 5.66. The molecule has 26 heavy (non-hydrogen) atoms. The number of hydrogen-bond donors (Lipinski definition) is 3. The molecule has 0 bridgehead atoms. The molecule has 0 saturated carbocycles. The zero-order valence-corrected chi connectivity index (χ0v) is 14.6. The fourth-order valence-corrected chi connectivity index (χ4v) is 2.63. The highest BCUT2D eigenvalue weighted by molar-refractivity contribution is 6.30. The van der Waals surface area contributed by atoms with Crippen LogP contribution >= 0.6 is 11.6 Å². The van der Waals surface area contributed by atoms with Crippen LogP contribution in [0.2, 0.25) is 5.02 Å². The van der Waals surface area contributed by atoms with Gasteiger partial charge < -0.3 is 15.6 Å². The molecule has 0 aliphatic heterocycles. The van der Waals surface area contributed by atoms with Crippen molar-refractivity contribution in [3.05, 3.63) is 88.5 Å². The summed E-state index contributed by atoms with van der Waals surface area (Å²) in [6, 6.07) is 16.7. The van der Waals surface area contributed by atoms with E-state index in [9.17, 15) is 9.59 Å². The molecule has 6 nitrogen and oxygen atoms in total. The third-order valence-electron chi connectivity index (χ3n) is 3.72. The molecule has 0 atom stereocenters. The van der Waals surface area contributed by atoms with Crippen molar-refractivity contribution in [1.82, 2.24) is 20.6 Å². The predicted molar refractivity (Wildman–Crippen MR) is 98.8 cm³/mol. The van der Waals surface area contributed by atoms with Crippen LogP contribution < -0.4 is 10.6 Å². The van der Waals surface area contributed by atoms with Crippen molar-refractivity contribution < 1.29 is 9.59 Å². The summed E-state index contributed by atoms with van der Waals surface area (Å²) < 4.78 is 0. The van der Waals surface area contributed by atoms with Crippen molar-refractivity contribution in [1.29, 1.82) is 0 Å². The van der Waals surface area contributed by atoms with Gasteiger partial charge in [0.25, 0.3) is 11.8 Å². The van der Waals surface area contributed by atoms with E-state index in [2.05, 4.69) is 20.6 Å².